The van der Waals surface area contributed by atoms with Gasteiger partial charge in [-0.3, -0.25) is 0 Å². The van der Waals surface area contributed by atoms with Crippen LogP contribution in [-0.4, -0.2) is 8.42 Å². The van der Waals surface area contributed by atoms with Gasteiger partial charge in [-0.2, -0.15) is 0 Å². The van der Waals surface area contributed by atoms with E-state index in [2.05, 4.69) is 19.9 Å². The van der Waals surface area contributed by atoms with Crippen LogP contribution in [0.3, 0.4) is 0 Å². The quantitative estimate of drug-likeness (QED) is 0.537. The van der Waals surface area contributed by atoms with Gasteiger partial charge >= 0.3 is 51.4 Å². The van der Waals surface area contributed by atoms with Gasteiger partial charge in [0.25, 0.3) is 0 Å². The Kier molecular flexibility index (Phi) is 6.54. The van der Waals surface area contributed by atoms with E-state index < -0.39 is 10.0 Å². The molecule has 13 heavy (non-hydrogen) atoms. The first-order valence-corrected chi connectivity index (χ1v) is 5.53. The minimum absolute atomic E-state index is 0. The molecule has 0 saturated heterocycles. The molecule has 0 aromatic heterocycles. The van der Waals surface area contributed by atoms with E-state index in [0.29, 0.717) is 0 Å². The molecule has 0 atom stereocenters. The molecular weight excluding hydrogens is 281 g/mol. The van der Waals surface area contributed by atoms with Gasteiger partial charge in [0.05, 0.1) is 4.90 Å². The van der Waals surface area contributed by atoms with E-state index in [1.165, 1.54) is 0 Å². The molecule has 0 radical (unpaired) electrons. The minimum Gasteiger partial charge on any atom is -0.206 e. The van der Waals surface area contributed by atoms with Crippen molar-refractivity contribution in [2.75, 3.05) is 0 Å². The molecule has 1 N–H and O–H groups in total. The first-order chi connectivity index (χ1) is 5.56. The number of hydrogen-bond acceptors (Lipinski definition) is 2. The fourth-order valence-corrected chi connectivity index (χ4v) is 1.91. The predicted molar refractivity (Wildman–Crippen MR) is 50.4 cm³/mol. The van der Waals surface area contributed by atoms with Crippen molar-refractivity contribution in [2.24, 2.45) is 0 Å². The largest absolute Gasteiger partial charge is 1.00 e. The molecule has 0 amide bonds. The molecular formula is C7H8BrKNO2S+. The zero-order valence-electron chi connectivity index (χ0n) is 7.41. The summed E-state index contributed by atoms with van der Waals surface area (Å²) in [6.45, 7) is 1.90. The van der Waals surface area contributed by atoms with Crippen LogP contribution in [0.2, 0.25) is 0 Å². The Hall–Kier alpha value is 1.25. The van der Waals surface area contributed by atoms with Crippen molar-refractivity contribution in [1.82, 2.24) is 3.75 Å². The number of sulfonamides is 1. The maximum absolute atomic E-state index is 11.2. The average molecular weight is 289 g/mol. The molecule has 0 fully saturated rings. The molecule has 0 aliphatic carbocycles. The summed E-state index contributed by atoms with van der Waals surface area (Å²) in [7, 11) is -3.35. The van der Waals surface area contributed by atoms with Crippen LogP contribution in [0.4, 0.5) is 0 Å². The molecule has 1 rings (SSSR count). The van der Waals surface area contributed by atoms with Gasteiger partial charge < -0.3 is 0 Å². The van der Waals surface area contributed by atoms with Crippen molar-refractivity contribution in [2.45, 2.75) is 11.8 Å². The first kappa shape index (κ1) is 14.2. The van der Waals surface area contributed by atoms with Gasteiger partial charge in [-0.15, -0.1) is 3.75 Å². The van der Waals surface area contributed by atoms with Crippen molar-refractivity contribution >= 4 is 26.2 Å². The standard InChI is InChI=1S/C7H8BrNO2S.K/c1-6-2-4-7(5-3-6)12(10,11)9-8;/h2-5,9H,1H3;/q;+1. The van der Waals surface area contributed by atoms with Crippen molar-refractivity contribution in [3.63, 3.8) is 0 Å². The van der Waals surface area contributed by atoms with Crippen molar-refractivity contribution in [1.29, 1.82) is 0 Å². The van der Waals surface area contributed by atoms with Crippen LogP contribution < -0.4 is 55.1 Å². The topological polar surface area (TPSA) is 46.2 Å². The summed E-state index contributed by atoms with van der Waals surface area (Å²) in [5.41, 5.74) is 1.03. The number of nitrogens with one attached hydrogen (secondary N) is 1. The zero-order chi connectivity index (χ0) is 9.19. The Morgan fingerprint density at radius 1 is 1.23 bits per heavy atom. The first-order valence-electron chi connectivity index (χ1n) is 3.25. The van der Waals surface area contributed by atoms with Crippen molar-refractivity contribution < 1.29 is 59.8 Å². The van der Waals surface area contributed by atoms with E-state index in [9.17, 15) is 8.42 Å². The normalized spacial score (nSPS) is 10.6. The van der Waals surface area contributed by atoms with Gasteiger partial charge in [-0.25, -0.2) is 8.42 Å². The summed E-state index contributed by atoms with van der Waals surface area (Å²) >= 11 is 2.69. The SMILES string of the molecule is Cc1ccc(S(=O)(=O)NBr)cc1.[K+]. The van der Waals surface area contributed by atoms with Crippen LogP contribution in [0.5, 0.6) is 0 Å². The van der Waals surface area contributed by atoms with Crippen LogP contribution in [-0.2, 0) is 10.0 Å². The third-order valence-corrected chi connectivity index (χ3v) is 3.81. The molecule has 0 aliphatic rings. The summed E-state index contributed by atoms with van der Waals surface area (Å²) in [6.07, 6.45) is 0. The molecule has 0 heterocycles. The van der Waals surface area contributed by atoms with Crippen LogP contribution in [0.1, 0.15) is 5.56 Å². The Balaban J connectivity index is 0.00000144. The van der Waals surface area contributed by atoms with Crippen LogP contribution in [0.25, 0.3) is 0 Å². The predicted octanol–water partition coefficient (Wildman–Crippen LogP) is -1.41. The summed E-state index contributed by atoms with van der Waals surface area (Å²) in [4.78, 5) is 0.255. The zero-order valence-corrected chi connectivity index (χ0v) is 12.9. The third-order valence-electron chi connectivity index (χ3n) is 1.43. The molecule has 1 aromatic carbocycles. The monoisotopic (exact) mass is 288 g/mol. The molecule has 0 saturated carbocycles. The second-order valence-corrected chi connectivity index (χ2v) is 5.00. The maximum atomic E-state index is 11.2. The Bertz CT molecular complexity index is 363. The minimum atomic E-state index is -3.35. The van der Waals surface area contributed by atoms with Gasteiger partial charge in [0.15, 0.2) is 0 Å². The van der Waals surface area contributed by atoms with Gasteiger partial charge in [0, 0.05) is 16.1 Å². The number of rotatable bonds is 2. The fourth-order valence-electron chi connectivity index (χ4n) is 0.762. The van der Waals surface area contributed by atoms with E-state index in [1.807, 2.05) is 6.92 Å². The van der Waals surface area contributed by atoms with Gasteiger partial charge in [-0.05, 0) is 19.1 Å². The molecule has 1 aromatic rings. The van der Waals surface area contributed by atoms with E-state index in [4.69, 9.17) is 0 Å². The van der Waals surface area contributed by atoms with Crippen molar-refractivity contribution in [3.8, 4) is 0 Å². The molecule has 66 valence electrons. The van der Waals surface area contributed by atoms with E-state index >= 15 is 0 Å². The molecule has 0 bridgehead atoms. The number of hydrogen-bond donors (Lipinski definition) is 1. The van der Waals surface area contributed by atoms with Crippen LogP contribution >= 0.6 is 16.1 Å². The average Bonchev–Trinajstić information content (AvgIpc) is 2.05. The van der Waals surface area contributed by atoms with Gasteiger partial charge in [-0.1, -0.05) is 17.7 Å². The number of aryl methyl sites for hydroxylation is 1. The second kappa shape index (κ2) is 5.97. The second-order valence-electron chi connectivity index (χ2n) is 2.39. The number of benzene rings is 1. The van der Waals surface area contributed by atoms with E-state index in [1.54, 1.807) is 24.3 Å². The third kappa shape index (κ3) is 4.09. The Morgan fingerprint density at radius 2 is 1.69 bits per heavy atom. The van der Waals surface area contributed by atoms with Crippen LogP contribution in [0, 0.1) is 6.92 Å². The summed E-state index contributed by atoms with van der Waals surface area (Å²) in [6, 6.07) is 6.60. The van der Waals surface area contributed by atoms with E-state index in [0.717, 1.165) is 5.56 Å². The molecule has 3 nitrogen and oxygen atoms in total. The molecule has 0 aliphatic heterocycles. The maximum Gasteiger partial charge on any atom is 1.00 e. The van der Waals surface area contributed by atoms with Gasteiger partial charge in [0.2, 0.25) is 10.0 Å². The van der Waals surface area contributed by atoms with E-state index in [-0.39, 0.29) is 56.3 Å². The van der Waals surface area contributed by atoms with Crippen LogP contribution in [0.15, 0.2) is 29.2 Å². The number of halogens is 1. The smallest absolute Gasteiger partial charge is 0.206 e. The fraction of sp³-hybridized carbons (Fsp3) is 0.143. The molecule has 0 unspecified atom stereocenters. The Labute approximate surface area is 129 Å². The van der Waals surface area contributed by atoms with Gasteiger partial charge in [0.1, 0.15) is 0 Å². The molecule has 0 spiro atoms. The molecule has 6 heteroatoms. The summed E-state index contributed by atoms with van der Waals surface area (Å²) in [5.74, 6) is 0. The summed E-state index contributed by atoms with van der Waals surface area (Å²) in [5, 5.41) is 0. The summed E-state index contributed by atoms with van der Waals surface area (Å²) < 4.78 is 24.4. The Morgan fingerprint density at radius 3 is 2.08 bits per heavy atom. The van der Waals surface area contributed by atoms with Crippen molar-refractivity contribution in [3.05, 3.63) is 29.8 Å².